The number of carbonyl (C=O) groups excluding carboxylic acids is 6. The van der Waals surface area contributed by atoms with Crippen molar-refractivity contribution in [2.24, 2.45) is 0 Å². The monoisotopic (exact) mass is 1110 g/mol. The lowest BCUT2D eigenvalue weighted by Gasteiger charge is -2.17. The maximum Gasteiger partial charge on any atom is 0.343 e. The first-order valence-electron chi connectivity index (χ1n) is 26.1. The summed E-state index contributed by atoms with van der Waals surface area (Å²) in [4.78, 5) is 79.5. The Bertz CT molecular complexity index is 4610. The molecule has 0 bridgehead atoms. The van der Waals surface area contributed by atoms with Crippen molar-refractivity contribution in [1.29, 1.82) is 0 Å². The summed E-state index contributed by atoms with van der Waals surface area (Å²) >= 11 is 0. The van der Waals surface area contributed by atoms with Crippen molar-refractivity contribution in [2.45, 2.75) is 0 Å². The van der Waals surface area contributed by atoms with Crippen LogP contribution in [0.3, 0.4) is 0 Å². The molecule has 0 unspecified atom stereocenters. The van der Waals surface area contributed by atoms with E-state index in [-0.39, 0.29) is 79.4 Å². The summed E-state index contributed by atoms with van der Waals surface area (Å²) in [6.07, 6.45) is 0. The number of phenols is 2. The molecule has 0 aliphatic rings. The lowest BCUT2D eigenvalue weighted by atomic mass is 9.92. The summed E-state index contributed by atoms with van der Waals surface area (Å²) in [6, 6.07) is 65.6. The summed E-state index contributed by atoms with van der Waals surface area (Å²) in [5.41, 5.74) is 2.69. The third kappa shape index (κ3) is 11.4. The third-order valence-electron chi connectivity index (χ3n) is 13.7. The van der Waals surface area contributed by atoms with Crippen LogP contribution in [0.25, 0.3) is 54.2 Å². The van der Waals surface area contributed by atoms with Crippen LogP contribution < -0.4 is 28.4 Å². The molecule has 0 saturated carbocycles. The molecule has 0 heterocycles. The minimum absolute atomic E-state index is 0.0169. The van der Waals surface area contributed by atoms with E-state index in [0.29, 0.717) is 32.7 Å². The van der Waals surface area contributed by atoms with Crippen molar-refractivity contribution in [3.05, 3.63) is 276 Å². The highest BCUT2D eigenvalue weighted by Crippen LogP contribution is 2.43. The average Bonchev–Trinajstić information content (AvgIpc) is 1.97. The van der Waals surface area contributed by atoms with E-state index in [9.17, 15) is 39.0 Å². The summed E-state index contributed by atoms with van der Waals surface area (Å²) in [5, 5.41) is 25.0. The van der Waals surface area contributed by atoms with Crippen LogP contribution in [0.15, 0.2) is 243 Å². The maximum atomic E-state index is 14.2. The predicted octanol–water partition coefficient (Wildman–Crippen LogP) is 14.7. The zero-order valence-corrected chi connectivity index (χ0v) is 43.9. The zero-order chi connectivity index (χ0) is 57.8. The highest BCUT2D eigenvalue weighted by Gasteiger charge is 2.22. The number of rotatable bonds is 13. The summed E-state index contributed by atoms with van der Waals surface area (Å²) in [5.74, 6) is -2.30. The number of esters is 6. The van der Waals surface area contributed by atoms with Gasteiger partial charge in [-0.15, -0.1) is 0 Å². The van der Waals surface area contributed by atoms with Crippen molar-refractivity contribution < 1.29 is 67.4 Å². The van der Waals surface area contributed by atoms with Crippen molar-refractivity contribution in [2.75, 3.05) is 0 Å². The Balaban J connectivity index is 0.736. The molecule has 2 N–H and O–H groups in total. The van der Waals surface area contributed by atoms with Gasteiger partial charge in [-0.05, 0) is 212 Å². The molecule has 0 atom stereocenters. The van der Waals surface area contributed by atoms with E-state index < -0.39 is 35.8 Å². The van der Waals surface area contributed by atoms with Crippen LogP contribution in [0.2, 0.25) is 0 Å². The Kier molecular flexibility index (Phi) is 14.3. The van der Waals surface area contributed by atoms with Gasteiger partial charge in [-0.1, -0.05) is 78.9 Å². The molecule has 0 radical (unpaired) electrons. The van der Waals surface area contributed by atoms with Crippen LogP contribution in [-0.4, -0.2) is 46.0 Å². The molecule has 14 nitrogen and oxygen atoms in total. The Labute approximate surface area is 477 Å². The van der Waals surface area contributed by atoms with Crippen molar-refractivity contribution in [3.8, 4) is 57.1 Å². The Morgan fingerprint density at radius 2 is 0.583 bits per heavy atom. The average molecular weight is 1110 g/mol. The smallest absolute Gasteiger partial charge is 0.343 e. The SMILES string of the molecule is O=C(Oc1ccc(C(=O)Oc2ccc3cc(C(=O)Oc4cc(-c5c(OC(=O)c6ccc7cc(OC(=O)c8ccc(OC(=O)c9ccc(O)cc9)cc8)ccc7c6)ccc6ccccc56)c5ccccc5c4)ccc3c2)cc1)c1ccc(O)cc1. The fraction of sp³-hybridized carbons (Fsp3) is 0. The molecule has 84 heavy (non-hydrogen) atoms. The highest BCUT2D eigenvalue weighted by atomic mass is 16.6. The van der Waals surface area contributed by atoms with Gasteiger partial charge in [0.25, 0.3) is 0 Å². The van der Waals surface area contributed by atoms with Gasteiger partial charge in [0.2, 0.25) is 0 Å². The number of fused-ring (bicyclic) bond motifs is 4. The number of aromatic hydroxyl groups is 2. The fourth-order valence-corrected chi connectivity index (χ4v) is 9.49. The predicted molar refractivity (Wildman–Crippen MR) is 314 cm³/mol. The molecule has 0 aliphatic carbocycles. The first-order valence-corrected chi connectivity index (χ1v) is 26.1. The molecular formula is C70H42O14. The van der Waals surface area contributed by atoms with Crippen LogP contribution in [0.4, 0.5) is 0 Å². The van der Waals surface area contributed by atoms with Gasteiger partial charge in [0.1, 0.15) is 46.0 Å². The first kappa shape index (κ1) is 52.8. The first-order chi connectivity index (χ1) is 40.8. The van der Waals surface area contributed by atoms with E-state index in [1.165, 1.54) is 97.1 Å². The van der Waals surface area contributed by atoms with Crippen molar-refractivity contribution >= 4 is 78.9 Å². The largest absolute Gasteiger partial charge is 0.508 e. The molecule has 0 saturated heterocycles. The van der Waals surface area contributed by atoms with Gasteiger partial charge < -0.3 is 38.6 Å². The minimum Gasteiger partial charge on any atom is -0.508 e. The topological polar surface area (TPSA) is 198 Å². The molecule has 0 amide bonds. The molecule has 12 aromatic carbocycles. The second kappa shape index (κ2) is 22.7. The number of hydrogen-bond acceptors (Lipinski definition) is 14. The van der Waals surface area contributed by atoms with E-state index >= 15 is 0 Å². The minimum atomic E-state index is -0.641. The molecule has 12 aromatic rings. The van der Waals surface area contributed by atoms with Crippen molar-refractivity contribution in [1.82, 2.24) is 0 Å². The number of carbonyl (C=O) groups is 6. The number of hydrogen-bond donors (Lipinski definition) is 2. The van der Waals surface area contributed by atoms with E-state index in [2.05, 4.69) is 0 Å². The van der Waals surface area contributed by atoms with E-state index in [4.69, 9.17) is 28.4 Å². The molecule has 0 aromatic heterocycles. The van der Waals surface area contributed by atoms with Gasteiger partial charge in [0.15, 0.2) is 0 Å². The number of benzene rings is 12. The lowest BCUT2D eigenvalue weighted by Crippen LogP contribution is -2.10. The van der Waals surface area contributed by atoms with Gasteiger partial charge in [-0.25, -0.2) is 28.8 Å². The zero-order valence-electron chi connectivity index (χ0n) is 43.9. The molecule has 12 rings (SSSR count). The normalized spacial score (nSPS) is 11.0. The summed E-state index contributed by atoms with van der Waals surface area (Å²) in [6.45, 7) is 0. The summed E-state index contributed by atoms with van der Waals surface area (Å²) in [7, 11) is 0. The van der Waals surface area contributed by atoms with Gasteiger partial charge in [0.05, 0.1) is 33.4 Å². The molecule has 0 fully saturated rings. The molecule has 0 spiro atoms. The summed E-state index contributed by atoms with van der Waals surface area (Å²) < 4.78 is 34.5. The molecule has 14 heteroatoms. The standard InChI is InChI=1S/C70H42O14/c71-53-24-13-42(14-25-53)65(73)79-55-28-17-44(18-29-55)67(75)81-57-32-21-46-35-51(11-9-48(46)37-57)69(77)83-59-39-50-6-2-3-7-60(50)62(40-59)64-61-8-4-1-5-41(61)23-34-63(64)84-70(78)52-12-10-49-38-58(33-22-47(49)36-52)82-68(76)45-19-30-56(31-20-45)80-66(74)43-15-26-54(72)27-16-43/h1-40,71-72H. The van der Waals surface area contributed by atoms with Crippen molar-refractivity contribution in [3.63, 3.8) is 0 Å². The molecule has 0 aliphatic heterocycles. The van der Waals surface area contributed by atoms with Gasteiger partial charge in [-0.3, -0.25) is 0 Å². The van der Waals surface area contributed by atoms with E-state index in [1.807, 2.05) is 54.6 Å². The Hall–Kier alpha value is -11.9. The number of ether oxygens (including phenoxy) is 6. The third-order valence-corrected chi connectivity index (χ3v) is 13.7. The van der Waals surface area contributed by atoms with E-state index in [0.717, 1.165) is 21.5 Å². The van der Waals surface area contributed by atoms with Crippen LogP contribution in [0.5, 0.6) is 46.0 Å². The van der Waals surface area contributed by atoms with Gasteiger partial charge in [-0.2, -0.15) is 0 Å². The maximum absolute atomic E-state index is 14.2. The molecular weight excluding hydrogens is 1060 g/mol. The fourth-order valence-electron chi connectivity index (χ4n) is 9.49. The van der Waals surface area contributed by atoms with Crippen LogP contribution in [0.1, 0.15) is 62.1 Å². The Morgan fingerprint density at radius 3 is 1.08 bits per heavy atom. The second-order valence-electron chi connectivity index (χ2n) is 19.3. The van der Waals surface area contributed by atoms with Crippen LogP contribution in [0, 0.1) is 0 Å². The van der Waals surface area contributed by atoms with Crippen LogP contribution in [-0.2, 0) is 0 Å². The van der Waals surface area contributed by atoms with Gasteiger partial charge in [0, 0.05) is 5.56 Å². The number of phenolic OH excluding ortho intramolecular Hbond substituents is 2. The Morgan fingerprint density at radius 1 is 0.250 bits per heavy atom. The quantitative estimate of drug-likeness (QED) is 0.0816. The second-order valence-corrected chi connectivity index (χ2v) is 19.3. The van der Waals surface area contributed by atoms with Crippen LogP contribution >= 0.6 is 0 Å². The van der Waals surface area contributed by atoms with E-state index in [1.54, 1.807) is 91.0 Å². The van der Waals surface area contributed by atoms with Gasteiger partial charge >= 0.3 is 35.8 Å². The lowest BCUT2D eigenvalue weighted by molar-refractivity contribution is 0.0720. The molecule has 406 valence electrons. The highest BCUT2D eigenvalue weighted by molar-refractivity contribution is 6.10.